The molecular formula is C13H9Cl3N2. The average Bonchev–Trinajstić information content (AvgIpc) is 2.34. The average molecular weight is 300 g/mol. The molecule has 0 amide bonds. The summed E-state index contributed by atoms with van der Waals surface area (Å²) in [4.78, 5) is 0. The highest BCUT2D eigenvalue weighted by Gasteiger charge is 1.97. The van der Waals surface area contributed by atoms with Gasteiger partial charge >= 0.3 is 0 Å². The third-order valence-corrected chi connectivity index (χ3v) is 3.15. The van der Waals surface area contributed by atoms with Gasteiger partial charge in [-0.25, -0.2) is 0 Å². The van der Waals surface area contributed by atoms with Crippen molar-refractivity contribution in [1.82, 2.24) is 0 Å². The smallest absolute Gasteiger partial charge is 0.0598 e. The van der Waals surface area contributed by atoms with Gasteiger partial charge in [0.2, 0.25) is 0 Å². The number of hydrogen-bond donors (Lipinski definition) is 1. The normalized spacial score (nSPS) is 10.8. The van der Waals surface area contributed by atoms with Gasteiger partial charge in [0.15, 0.2) is 0 Å². The van der Waals surface area contributed by atoms with Crippen molar-refractivity contribution in [3.63, 3.8) is 0 Å². The topological polar surface area (TPSA) is 24.4 Å². The zero-order valence-electron chi connectivity index (χ0n) is 9.20. The highest BCUT2D eigenvalue weighted by atomic mass is 35.5. The number of anilines is 1. The standard InChI is InChI=1S/C13H9Cl3N2/c14-10-2-1-3-11(7-10)18-17-8-9-4-5-12(15)13(16)6-9/h1-8,18H. The van der Waals surface area contributed by atoms with E-state index in [1.165, 1.54) is 0 Å². The molecule has 92 valence electrons. The number of hydrogen-bond acceptors (Lipinski definition) is 2. The molecule has 0 saturated carbocycles. The van der Waals surface area contributed by atoms with Crippen LogP contribution >= 0.6 is 34.8 Å². The molecular weight excluding hydrogens is 291 g/mol. The summed E-state index contributed by atoms with van der Waals surface area (Å²) in [6.45, 7) is 0. The van der Waals surface area contributed by atoms with Gasteiger partial charge in [-0.05, 0) is 35.9 Å². The van der Waals surface area contributed by atoms with E-state index in [1.807, 2.05) is 18.2 Å². The quantitative estimate of drug-likeness (QED) is 0.619. The number of nitrogens with one attached hydrogen (secondary N) is 1. The monoisotopic (exact) mass is 298 g/mol. The van der Waals surface area contributed by atoms with Gasteiger partial charge in [-0.2, -0.15) is 5.10 Å². The second kappa shape index (κ2) is 6.10. The molecule has 2 nitrogen and oxygen atoms in total. The Hall–Kier alpha value is -1.22. The highest BCUT2D eigenvalue weighted by molar-refractivity contribution is 6.42. The number of halogens is 3. The molecule has 0 unspecified atom stereocenters. The van der Waals surface area contributed by atoms with Crippen LogP contribution in [-0.2, 0) is 0 Å². The first-order valence-electron chi connectivity index (χ1n) is 5.15. The lowest BCUT2D eigenvalue weighted by Crippen LogP contribution is -1.90. The minimum atomic E-state index is 0.503. The van der Waals surface area contributed by atoms with Gasteiger partial charge in [0.1, 0.15) is 0 Å². The fraction of sp³-hybridized carbons (Fsp3) is 0. The van der Waals surface area contributed by atoms with E-state index in [2.05, 4.69) is 10.5 Å². The lowest BCUT2D eigenvalue weighted by molar-refractivity contribution is 1.35. The van der Waals surface area contributed by atoms with Gasteiger partial charge in [-0.3, -0.25) is 5.43 Å². The van der Waals surface area contributed by atoms with Gasteiger partial charge in [0, 0.05) is 5.02 Å². The van der Waals surface area contributed by atoms with Gasteiger partial charge in [-0.15, -0.1) is 0 Å². The van der Waals surface area contributed by atoms with E-state index < -0.39 is 0 Å². The molecule has 2 rings (SSSR count). The summed E-state index contributed by atoms with van der Waals surface area (Å²) >= 11 is 17.6. The molecule has 0 aliphatic rings. The van der Waals surface area contributed by atoms with Gasteiger partial charge in [0.05, 0.1) is 21.9 Å². The lowest BCUT2D eigenvalue weighted by atomic mass is 10.2. The number of rotatable bonds is 3. The Bertz CT molecular complexity index is 582. The summed E-state index contributed by atoms with van der Waals surface area (Å²) in [7, 11) is 0. The molecule has 0 saturated heterocycles. The number of hydrazone groups is 1. The summed E-state index contributed by atoms with van der Waals surface area (Å²) in [5.41, 5.74) is 4.56. The van der Waals surface area contributed by atoms with Crippen molar-refractivity contribution in [2.75, 3.05) is 5.43 Å². The van der Waals surface area contributed by atoms with E-state index in [9.17, 15) is 0 Å². The zero-order valence-corrected chi connectivity index (χ0v) is 11.5. The van der Waals surface area contributed by atoms with Crippen LogP contribution in [0.3, 0.4) is 0 Å². The van der Waals surface area contributed by atoms with E-state index in [0.717, 1.165) is 11.3 Å². The van der Waals surface area contributed by atoms with E-state index in [4.69, 9.17) is 34.8 Å². The third-order valence-electron chi connectivity index (χ3n) is 2.18. The van der Waals surface area contributed by atoms with E-state index in [1.54, 1.807) is 30.5 Å². The maximum absolute atomic E-state index is 5.90. The van der Waals surface area contributed by atoms with Crippen molar-refractivity contribution < 1.29 is 0 Å². The molecule has 1 N–H and O–H groups in total. The molecule has 5 heteroatoms. The van der Waals surface area contributed by atoms with Crippen LogP contribution < -0.4 is 5.43 Å². The molecule has 0 bridgehead atoms. The Morgan fingerprint density at radius 3 is 2.50 bits per heavy atom. The molecule has 18 heavy (non-hydrogen) atoms. The maximum Gasteiger partial charge on any atom is 0.0598 e. The first-order chi connectivity index (χ1) is 8.65. The van der Waals surface area contributed by atoms with Crippen LogP contribution in [0.25, 0.3) is 0 Å². The Kier molecular flexibility index (Phi) is 4.48. The molecule has 0 aliphatic heterocycles. The maximum atomic E-state index is 5.90. The Labute approximate surface area is 120 Å². The molecule has 0 atom stereocenters. The summed E-state index contributed by atoms with van der Waals surface area (Å²) in [5.74, 6) is 0. The fourth-order valence-corrected chi connectivity index (χ4v) is 1.83. The minimum absolute atomic E-state index is 0.503. The second-order valence-electron chi connectivity index (χ2n) is 3.55. The third kappa shape index (κ3) is 3.64. The van der Waals surface area contributed by atoms with E-state index >= 15 is 0 Å². The molecule has 0 fully saturated rings. The predicted octanol–water partition coefficient (Wildman–Crippen LogP) is 5.09. The van der Waals surface area contributed by atoms with Crippen LogP contribution in [-0.4, -0.2) is 6.21 Å². The predicted molar refractivity (Wildman–Crippen MR) is 79.1 cm³/mol. The molecule has 0 spiro atoms. The van der Waals surface area contributed by atoms with Crippen molar-refractivity contribution in [1.29, 1.82) is 0 Å². The molecule has 0 heterocycles. The Balaban J connectivity index is 2.05. The van der Waals surface area contributed by atoms with Crippen molar-refractivity contribution in [2.45, 2.75) is 0 Å². The summed E-state index contributed by atoms with van der Waals surface area (Å²) in [6.07, 6.45) is 1.66. The zero-order chi connectivity index (χ0) is 13.0. The van der Waals surface area contributed by atoms with Crippen LogP contribution in [0.1, 0.15) is 5.56 Å². The number of benzene rings is 2. The van der Waals surface area contributed by atoms with Gasteiger partial charge in [-0.1, -0.05) is 46.9 Å². The first kappa shape index (κ1) is 13.2. The van der Waals surface area contributed by atoms with Crippen LogP contribution in [0, 0.1) is 0 Å². The summed E-state index contributed by atoms with van der Waals surface area (Å²) in [6, 6.07) is 12.6. The molecule has 2 aromatic carbocycles. The van der Waals surface area contributed by atoms with Crippen molar-refractivity contribution in [3.8, 4) is 0 Å². The fourth-order valence-electron chi connectivity index (χ4n) is 1.33. The molecule has 0 aromatic heterocycles. The first-order valence-corrected chi connectivity index (χ1v) is 6.28. The second-order valence-corrected chi connectivity index (χ2v) is 4.80. The van der Waals surface area contributed by atoms with Crippen molar-refractivity contribution >= 4 is 46.7 Å². The van der Waals surface area contributed by atoms with Crippen LogP contribution in [0.15, 0.2) is 47.6 Å². The summed E-state index contributed by atoms with van der Waals surface area (Å²) < 4.78 is 0. The summed E-state index contributed by atoms with van der Waals surface area (Å²) in [5, 5.41) is 5.77. The largest absolute Gasteiger partial charge is 0.278 e. The Morgan fingerprint density at radius 2 is 1.78 bits per heavy atom. The van der Waals surface area contributed by atoms with Gasteiger partial charge in [0.25, 0.3) is 0 Å². The Morgan fingerprint density at radius 1 is 0.944 bits per heavy atom. The number of nitrogens with zero attached hydrogens (tertiary/aromatic N) is 1. The molecule has 2 aromatic rings. The van der Waals surface area contributed by atoms with Gasteiger partial charge < -0.3 is 0 Å². The lowest BCUT2D eigenvalue weighted by Gasteiger charge is -2.00. The van der Waals surface area contributed by atoms with E-state index in [0.29, 0.717) is 15.1 Å². The minimum Gasteiger partial charge on any atom is -0.278 e. The highest BCUT2D eigenvalue weighted by Crippen LogP contribution is 2.21. The SMILES string of the molecule is Clc1cccc(NN=Cc2ccc(Cl)c(Cl)c2)c1. The molecule has 0 radical (unpaired) electrons. The van der Waals surface area contributed by atoms with Crippen molar-refractivity contribution in [3.05, 3.63) is 63.1 Å². The van der Waals surface area contributed by atoms with Crippen LogP contribution in [0.4, 0.5) is 5.69 Å². The van der Waals surface area contributed by atoms with E-state index in [-0.39, 0.29) is 0 Å². The van der Waals surface area contributed by atoms with Crippen molar-refractivity contribution in [2.24, 2.45) is 5.10 Å². The van der Waals surface area contributed by atoms with Crippen LogP contribution in [0.2, 0.25) is 15.1 Å². The molecule has 0 aliphatic carbocycles. The van der Waals surface area contributed by atoms with Crippen LogP contribution in [0.5, 0.6) is 0 Å².